The van der Waals surface area contributed by atoms with Gasteiger partial charge in [0.25, 0.3) is 5.91 Å². The fourth-order valence-corrected chi connectivity index (χ4v) is 3.91. The van der Waals surface area contributed by atoms with Crippen LogP contribution >= 0.6 is 0 Å². The number of hydrogen-bond donors (Lipinski definition) is 1. The number of amides is 2. The number of carbonyl (C=O) groups is 2. The topological polar surface area (TPSA) is 75.7 Å². The SMILES string of the molecule is Cc1occc1C(=O)N(CCC(=O)NC(Cc1ccccc1)c1ccccc1)Cc1ccco1. The molecule has 0 aliphatic carbocycles. The van der Waals surface area contributed by atoms with Crippen molar-refractivity contribution in [2.45, 2.75) is 32.4 Å². The van der Waals surface area contributed by atoms with Gasteiger partial charge in [0.15, 0.2) is 0 Å². The zero-order chi connectivity index (χ0) is 23.8. The maximum absolute atomic E-state index is 13.1. The Balaban J connectivity index is 1.45. The van der Waals surface area contributed by atoms with E-state index in [1.165, 1.54) is 6.26 Å². The summed E-state index contributed by atoms with van der Waals surface area (Å²) in [5, 5.41) is 3.16. The van der Waals surface area contributed by atoms with E-state index in [2.05, 4.69) is 17.4 Å². The molecule has 2 aromatic heterocycles. The molecule has 0 fully saturated rings. The quantitative estimate of drug-likeness (QED) is 0.351. The second-order valence-corrected chi connectivity index (χ2v) is 8.17. The van der Waals surface area contributed by atoms with Gasteiger partial charge in [0.2, 0.25) is 5.91 Å². The van der Waals surface area contributed by atoms with Gasteiger partial charge in [0.1, 0.15) is 11.5 Å². The van der Waals surface area contributed by atoms with Crippen LogP contribution in [0.15, 0.2) is 100 Å². The molecule has 4 rings (SSSR count). The van der Waals surface area contributed by atoms with Crippen molar-refractivity contribution < 1.29 is 18.4 Å². The third-order valence-electron chi connectivity index (χ3n) is 5.73. The third-order valence-corrected chi connectivity index (χ3v) is 5.73. The van der Waals surface area contributed by atoms with Gasteiger partial charge in [-0.05, 0) is 42.7 Å². The Morgan fingerprint density at radius 1 is 0.882 bits per heavy atom. The Labute approximate surface area is 199 Å². The van der Waals surface area contributed by atoms with Crippen molar-refractivity contribution in [2.24, 2.45) is 0 Å². The molecule has 0 radical (unpaired) electrons. The number of nitrogens with one attached hydrogen (secondary N) is 1. The van der Waals surface area contributed by atoms with Gasteiger partial charge in [-0.3, -0.25) is 9.59 Å². The van der Waals surface area contributed by atoms with Crippen LogP contribution in [0.2, 0.25) is 0 Å². The Morgan fingerprint density at radius 2 is 1.62 bits per heavy atom. The number of benzene rings is 2. The lowest BCUT2D eigenvalue weighted by Crippen LogP contribution is -2.36. The van der Waals surface area contributed by atoms with Crippen molar-refractivity contribution in [2.75, 3.05) is 6.54 Å². The molecule has 0 aliphatic heterocycles. The number of furan rings is 2. The van der Waals surface area contributed by atoms with E-state index in [4.69, 9.17) is 8.83 Å². The molecule has 6 heteroatoms. The van der Waals surface area contributed by atoms with Crippen molar-refractivity contribution in [3.63, 3.8) is 0 Å². The smallest absolute Gasteiger partial charge is 0.257 e. The van der Waals surface area contributed by atoms with Gasteiger partial charge in [-0.2, -0.15) is 0 Å². The lowest BCUT2D eigenvalue weighted by Gasteiger charge is -2.23. The van der Waals surface area contributed by atoms with Crippen LogP contribution in [0, 0.1) is 6.92 Å². The highest BCUT2D eigenvalue weighted by Crippen LogP contribution is 2.19. The van der Waals surface area contributed by atoms with E-state index in [1.54, 1.807) is 30.2 Å². The third kappa shape index (κ3) is 6.04. The first-order valence-corrected chi connectivity index (χ1v) is 11.3. The average Bonchev–Trinajstić information content (AvgIpc) is 3.54. The molecule has 0 aliphatic rings. The van der Waals surface area contributed by atoms with Crippen LogP contribution < -0.4 is 5.32 Å². The van der Waals surface area contributed by atoms with Gasteiger partial charge in [-0.25, -0.2) is 0 Å². The van der Waals surface area contributed by atoms with E-state index in [0.717, 1.165) is 11.1 Å². The minimum atomic E-state index is -0.195. The van der Waals surface area contributed by atoms with Crippen LogP contribution in [0.25, 0.3) is 0 Å². The van der Waals surface area contributed by atoms with Gasteiger partial charge in [-0.15, -0.1) is 0 Å². The molecule has 4 aromatic rings. The highest BCUT2D eigenvalue weighted by Gasteiger charge is 2.22. The van der Waals surface area contributed by atoms with E-state index in [1.807, 2.05) is 54.6 Å². The summed E-state index contributed by atoms with van der Waals surface area (Å²) in [6, 6.07) is 25.1. The molecule has 34 heavy (non-hydrogen) atoms. The Bertz CT molecular complexity index is 1180. The van der Waals surface area contributed by atoms with Crippen LogP contribution in [-0.2, 0) is 17.8 Å². The minimum absolute atomic E-state index is 0.119. The number of aryl methyl sites for hydroxylation is 1. The van der Waals surface area contributed by atoms with Crippen LogP contribution in [0.4, 0.5) is 0 Å². The van der Waals surface area contributed by atoms with Gasteiger partial charge in [-0.1, -0.05) is 60.7 Å². The summed E-state index contributed by atoms with van der Waals surface area (Å²) in [5.74, 6) is 0.886. The summed E-state index contributed by atoms with van der Waals surface area (Å²) in [5.41, 5.74) is 2.66. The number of hydrogen-bond acceptors (Lipinski definition) is 4. The fraction of sp³-hybridized carbons (Fsp3) is 0.214. The second-order valence-electron chi connectivity index (χ2n) is 8.17. The highest BCUT2D eigenvalue weighted by atomic mass is 16.3. The average molecular weight is 457 g/mol. The highest BCUT2D eigenvalue weighted by molar-refractivity contribution is 5.95. The molecule has 0 saturated carbocycles. The van der Waals surface area contributed by atoms with E-state index in [-0.39, 0.29) is 37.4 Å². The van der Waals surface area contributed by atoms with Crippen molar-refractivity contribution in [1.29, 1.82) is 0 Å². The largest absolute Gasteiger partial charge is 0.469 e. The van der Waals surface area contributed by atoms with Crippen molar-refractivity contribution in [3.8, 4) is 0 Å². The summed E-state index contributed by atoms with van der Waals surface area (Å²) in [6.07, 6.45) is 3.91. The zero-order valence-electron chi connectivity index (χ0n) is 19.1. The first kappa shape index (κ1) is 23.1. The molecular weight excluding hydrogens is 428 g/mol. The van der Waals surface area contributed by atoms with Gasteiger partial charge >= 0.3 is 0 Å². The lowest BCUT2D eigenvalue weighted by molar-refractivity contribution is -0.122. The maximum Gasteiger partial charge on any atom is 0.257 e. The molecule has 0 saturated heterocycles. The molecule has 2 aromatic carbocycles. The molecule has 2 amide bonds. The molecule has 174 valence electrons. The van der Waals surface area contributed by atoms with Crippen LogP contribution in [-0.4, -0.2) is 23.3 Å². The van der Waals surface area contributed by atoms with Gasteiger partial charge in [0, 0.05) is 13.0 Å². The van der Waals surface area contributed by atoms with Crippen LogP contribution in [0.5, 0.6) is 0 Å². The number of rotatable bonds is 10. The summed E-state index contributed by atoms with van der Waals surface area (Å²) in [4.78, 5) is 27.8. The Kier molecular flexibility index (Phi) is 7.60. The molecule has 2 heterocycles. The minimum Gasteiger partial charge on any atom is -0.469 e. The van der Waals surface area contributed by atoms with Gasteiger partial charge < -0.3 is 19.1 Å². The van der Waals surface area contributed by atoms with E-state index in [0.29, 0.717) is 23.5 Å². The van der Waals surface area contributed by atoms with E-state index < -0.39 is 0 Å². The predicted molar refractivity (Wildman–Crippen MR) is 129 cm³/mol. The lowest BCUT2D eigenvalue weighted by atomic mass is 9.98. The monoisotopic (exact) mass is 456 g/mol. The van der Waals surface area contributed by atoms with Gasteiger partial charge in [0.05, 0.1) is 30.7 Å². The molecule has 1 unspecified atom stereocenters. The van der Waals surface area contributed by atoms with E-state index in [9.17, 15) is 9.59 Å². The summed E-state index contributed by atoms with van der Waals surface area (Å²) in [6.45, 7) is 2.28. The molecule has 0 spiro atoms. The van der Waals surface area contributed by atoms with Crippen LogP contribution in [0.1, 0.15) is 45.5 Å². The van der Waals surface area contributed by atoms with Crippen molar-refractivity contribution >= 4 is 11.8 Å². The maximum atomic E-state index is 13.1. The predicted octanol–water partition coefficient (Wildman–Crippen LogP) is 5.31. The standard InChI is InChI=1S/C28H28N2O4/c1-21-25(15-18-33-21)28(32)30(20-24-13-8-17-34-24)16-14-27(31)29-26(23-11-6-3-7-12-23)19-22-9-4-2-5-10-22/h2-13,15,17-18,26H,14,16,19-20H2,1H3,(H,29,31). The first-order valence-electron chi connectivity index (χ1n) is 11.3. The number of nitrogens with zero attached hydrogens (tertiary/aromatic N) is 1. The second kappa shape index (κ2) is 11.2. The molecule has 0 bridgehead atoms. The van der Waals surface area contributed by atoms with E-state index >= 15 is 0 Å². The van der Waals surface area contributed by atoms with Crippen molar-refractivity contribution in [3.05, 3.63) is 120 Å². The Hall–Kier alpha value is -4.06. The molecule has 1 atom stereocenters. The fourth-order valence-electron chi connectivity index (χ4n) is 3.91. The van der Waals surface area contributed by atoms with Crippen LogP contribution in [0.3, 0.4) is 0 Å². The zero-order valence-corrected chi connectivity index (χ0v) is 19.1. The summed E-state index contributed by atoms with van der Waals surface area (Å²) >= 11 is 0. The summed E-state index contributed by atoms with van der Waals surface area (Å²) < 4.78 is 10.7. The normalized spacial score (nSPS) is 11.7. The first-order chi connectivity index (χ1) is 16.6. The van der Waals surface area contributed by atoms with Crippen molar-refractivity contribution in [1.82, 2.24) is 10.2 Å². The molecular formula is C28H28N2O4. The summed E-state index contributed by atoms with van der Waals surface area (Å²) in [7, 11) is 0. The molecule has 1 N–H and O–H groups in total. The Morgan fingerprint density at radius 3 is 2.26 bits per heavy atom. The molecule has 6 nitrogen and oxygen atoms in total. The number of carbonyl (C=O) groups excluding carboxylic acids is 2.